The number of carbonyl (C=O) groups is 1. The number of carbonyl (C=O) groups excluding carboxylic acids is 1. The molecule has 0 spiro atoms. The molecular formula is C14H22N2O. The van der Waals surface area contributed by atoms with Gasteiger partial charge in [-0.05, 0) is 37.6 Å². The highest BCUT2D eigenvalue weighted by Gasteiger charge is 2.12. The van der Waals surface area contributed by atoms with Crippen LogP contribution in [0.15, 0.2) is 24.3 Å². The monoisotopic (exact) mass is 234 g/mol. The molecule has 17 heavy (non-hydrogen) atoms. The fraction of sp³-hybridized carbons (Fsp3) is 0.500. The largest absolute Gasteiger partial charge is 0.399 e. The number of benzene rings is 1. The SMILES string of the molecule is CCCCCN(CC)C(=O)c1ccc(N)cc1. The van der Waals surface area contributed by atoms with Crippen LogP contribution >= 0.6 is 0 Å². The quantitative estimate of drug-likeness (QED) is 0.607. The summed E-state index contributed by atoms with van der Waals surface area (Å²) in [7, 11) is 0. The van der Waals surface area contributed by atoms with Crippen LogP contribution in [0, 0.1) is 0 Å². The van der Waals surface area contributed by atoms with Gasteiger partial charge in [0.2, 0.25) is 0 Å². The van der Waals surface area contributed by atoms with Crippen LogP contribution in [-0.4, -0.2) is 23.9 Å². The van der Waals surface area contributed by atoms with Crippen molar-refractivity contribution in [2.75, 3.05) is 18.8 Å². The zero-order chi connectivity index (χ0) is 12.7. The number of hydrogen-bond acceptors (Lipinski definition) is 2. The number of hydrogen-bond donors (Lipinski definition) is 1. The van der Waals surface area contributed by atoms with Crippen molar-refractivity contribution in [3.63, 3.8) is 0 Å². The molecule has 0 atom stereocenters. The number of unbranched alkanes of at least 4 members (excludes halogenated alkanes) is 2. The average Bonchev–Trinajstić information content (AvgIpc) is 2.35. The van der Waals surface area contributed by atoms with Crippen molar-refractivity contribution in [1.29, 1.82) is 0 Å². The molecule has 0 saturated heterocycles. The summed E-state index contributed by atoms with van der Waals surface area (Å²) in [4.78, 5) is 14.1. The highest BCUT2D eigenvalue weighted by atomic mass is 16.2. The molecule has 3 nitrogen and oxygen atoms in total. The lowest BCUT2D eigenvalue weighted by atomic mass is 10.1. The van der Waals surface area contributed by atoms with E-state index in [-0.39, 0.29) is 5.91 Å². The molecule has 3 heteroatoms. The number of anilines is 1. The maximum atomic E-state index is 12.2. The van der Waals surface area contributed by atoms with E-state index in [2.05, 4.69) is 6.92 Å². The van der Waals surface area contributed by atoms with Gasteiger partial charge in [0.1, 0.15) is 0 Å². The molecular weight excluding hydrogens is 212 g/mol. The van der Waals surface area contributed by atoms with E-state index in [1.165, 1.54) is 12.8 Å². The van der Waals surface area contributed by atoms with Crippen molar-refractivity contribution in [1.82, 2.24) is 4.90 Å². The van der Waals surface area contributed by atoms with Crippen molar-refractivity contribution >= 4 is 11.6 Å². The van der Waals surface area contributed by atoms with Gasteiger partial charge in [0.25, 0.3) is 5.91 Å². The van der Waals surface area contributed by atoms with Crippen LogP contribution in [0.3, 0.4) is 0 Å². The first-order chi connectivity index (χ1) is 8.19. The maximum absolute atomic E-state index is 12.2. The number of nitrogen functional groups attached to an aromatic ring is 1. The highest BCUT2D eigenvalue weighted by molar-refractivity contribution is 5.94. The van der Waals surface area contributed by atoms with Gasteiger partial charge in [0, 0.05) is 24.3 Å². The minimum Gasteiger partial charge on any atom is -0.399 e. The van der Waals surface area contributed by atoms with E-state index >= 15 is 0 Å². The normalized spacial score (nSPS) is 10.2. The molecule has 94 valence electrons. The Balaban J connectivity index is 2.62. The number of nitrogens with two attached hydrogens (primary N) is 1. The lowest BCUT2D eigenvalue weighted by Gasteiger charge is -2.20. The molecule has 1 amide bonds. The van der Waals surface area contributed by atoms with Crippen LogP contribution in [-0.2, 0) is 0 Å². The van der Waals surface area contributed by atoms with Crippen molar-refractivity contribution < 1.29 is 4.79 Å². The summed E-state index contributed by atoms with van der Waals surface area (Å²) in [5.41, 5.74) is 7.02. The summed E-state index contributed by atoms with van der Waals surface area (Å²) in [6.07, 6.45) is 3.42. The second-order valence-electron chi connectivity index (χ2n) is 4.21. The number of nitrogens with zero attached hydrogens (tertiary/aromatic N) is 1. The molecule has 0 aromatic heterocycles. The molecule has 1 aromatic rings. The smallest absolute Gasteiger partial charge is 0.253 e. The predicted octanol–water partition coefficient (Wildman–Crippen LogP) is 2.92. The van der Waals surface area contributed by atoms with E-state index in [0.29, 0.717) is 5.69 Å². The van der Waals surface area contributed by atoms with Gasteiger partial charge in [0.05, 0.1) is 0 Å². The summed E-state index contributed by atoms with van der Waals surface area (Å²) >= 11 is 0. The molecule has 0 fully saturated rings. The summed E-state index contributed by atoms with van der Waals surface area (Å²) in [6.45, 7) is 5.78. The first-order valence-electron chi connectivity index (χ1n) is 6.33. The van der Waals surface area contributed by atoms with Crippen LogP contribution < -0.4 is 5.73 Å². The second-order valence-corrected chi connectivity index (χ2v) is 4.21. The molecule has 0 saturated carbocycles. The van der Waals surface area contributed by atoms with Crippen molar-refractivity contribution in [2.45, 2.75) is 33.1 Å². The molecule has 0 unspecified atom stereocenters. The van der Waals surface area contributed by atoms with Crippen LogP contribution in [0.25, 0.3) is 0 Å². The van der Waals surface area contributed by atoms with E-state index < -0.39 is 0 Å². The van der Waals surface area contributed by atoms with Crippen LogP contribution in [0.4, 0.5) is 5.69 Å². The Labute approximate surface area is 104 Å². The van der Waals surface area contributed by atoms with E-state index in [1.54, 1.807) is 24.3 Å². The van der Waals surface area contributed by atoms with E-state index in [9.17, 15) is 4.79 Å². The standard InChI is InChI=1S/C14H22N2O/c1-3-5-6-11-16(4-2)14(17)12-7-9-13(15)10-8-12/h7-10H,3-6,11,15H2,1-2H3. The first kappa shape index (κ1) is 13.6. The van der Waals surface area contributed by atoms with Crippen molar-refractivity contribution in [3.8, 4) is 0 Å². The molecule has 0 heterocycles. The minimum atomic E-state index is 0.101. The lowest BCUT2D eigenvalue weighted by Crippen LogP contribution is -2.31. The summed E-state index contributed by atoms with van der Waals surface area (Å²) in [6, 6.07) is 7.13. The Morgan fingerprint density at radius 1 is 1.18 bits per heavy atom. The van der Waals surface area contributed by atoms with Gasteiger partial charge < -0.3 is 10.6 Å². The van der Waals surface area contributed by atoms with Crippen molar-refractivity contribution in [2.24, 2.45) is 0 Å². The summed E-state index contributed by atoms with van der Waals surface area (Å²) in [5.74, 6) is 0.101. The molecule has 0 aliphatic carbocycles. The Morgan fingerprint density at radius 3 is 2.35 bits per heavy atom. The van der Waals surface area contributed by atoms with Gasteiger partial charge in [-0.3, -0.25) is 4.79 Å². The predicted molar refractivity (Wildman–Crippen MR) is 72.0 cm³/mol. The van der Waals surface area contributed by atoms with Crippen LogP contribution in [0.1, 0.15) is 43.5 Å². The minimum absolute atomic E-state index is 0.101. The Bertz CT molecular complexity index is 346. The molecule has 0 aliphatic heterocycles. The fourth-order valence-electron chi connectivity index (χ4n) is 1.76. The summed E-state index contributed by atoms with van der Waals surface area (Å²) < 4.78 is 0. The van der Waals surface area contributed by atoms with Crippen LogP contribution in [0.5, 0.6) is 0 Å². The third-order valence-electron chi connectivity index (χ3n) is 2.86. The third-order valence-corrected chi connectivity index (χ3v) is 2.86. The zero-order valence-electron chi connectivity index (χ0n) is 10.8. The molecule has 1 rings (SSSR count). The summed E-state index contributed by atoms with van der Waals surface area (Å²) in [5, 5.41) is 0. The third kappa shape index (κ3) is 4.10. The Hall–Kier alpha value is -1.51. The molecule has 0 bridgehead atoms. The Kier molecular flexibility index (Phi) is 5.53. The van der Waals surface area contributed by atoms with Gasteiger partial charge in [-0.25, -0.2) is 0 Å². The maximum Gasteiger partial charge on any atom is 0.253 e. The number of amides is 1. The van der Waals surface area contributed by atoms with Gasteiger partial charge in [-0.15, -0.1) is 0 Å². The topological polar surface area (TPSA) is 46.3 Å². The van der Waals surface area contributed by atoms with Gasteiger partial charge >= 0.3 is 0 Å². The Morgan fingerprint density at radius 2 is 1.82 bits per heavy atom. The first-order valence-corrected chi connectivity index (χ1v) is 6.33. The zero-order valence-corrected chi connectivity index (χ0v) is 10.8. The van der Waals surface area contributed by atoms with Gasteiger partial charge in [0.15, 0.2) is 0 Å². The van der Waals surface area contributed by atoms with E-state index in [4.69, 9.17) is 5.73 Å². The second kappa shape index (κ2) is 6.94. The molecule has 0 aliphatic rings. The van der Waals surface area contributed by atoms with Gasteiger partial charge in [-0.2, -0.15) is 0 Å². The highest BCUT2D eigenvalue weighted by Crippen LogP contribution is 2.09. The van der Waals surface area contributed by atoms with Crippen LogP contribution in [0.2, 0.25) is 0 Å². The number of rotatable bonds is 6. The molecule has 1 aromatic carbocycles. The average molecular weight is 234 g/mol. The van der Waals surface area contributed by atoms with E-state index in [1.807, 2.05) is 11.8 Å². The molecule has 0 radical (unpaired) electrons. The van der Waals surface area contributed by atoms with Gasteiger partial charge in [-0.1, -0.05) is 19.8 Å². The van der Waals surface area contributed by atoms with E-state index in [0.717, 1.165) is 25.1 Å². The lowest BCUT2D eigenvalue weighted by molar-refractivity contribution is 0.0761. The van der Waals surface area contributed by atoms with Crippen molar-refractivity contribution in [3.05, 3.63) is 29.8 Å². The fourth-order valence-corrected chi connectivity index (χ4v) is 1.76. The molecule has 2 N–H and O–H groups in total.